The average Bonchev–Trinajstić information content (AvgIpc) is 2.71. The van der Waals surface area contributed by atoms with Gasteiger partial charge in [0, 0.05) is 13.0 Å². The monoisotopic (exact) mass is 331 g/mol. The lowest BCUT2D eigenvalue weighted by Gasteiger charge is -2.23. The number of rotatable bonds is 7. The summed E-state index contributed by atoms with van der Waals surface area (Å²) in [7, 11) is 0. The fraction of sp³-hybridized carbons (Fsp3) is 0.500. The van der Waals surface area contributed by atoms with E-state index in [0.29, 0.717) is 19.4 Å². The summed E-state index contributed by atoms with van der Waals surface area (Å²) in [5, 5.41) is 2.82. The summed E-state index contributed by atoms with van der Waals surface area (Å²) >= 11 is 0. The predicted molar refractivity (Wildman–Crippen MR) is 90.9 cm³/mol. The van der Waals surface area contributed by atoms with Crippen molar-refractivity contribution in [3.05, 3.63) is 35.9 Å². The van der Waals surface area contributed by atoms with Gasteiger partial charge in [-0.1, -0.05) is 30.3 Å². The molecule has 1 aromatic carbocycles. The fourth-order valence-corrected chi connectivity index (χ4v) is 2.95. The smallest absolute Gasteiger partial charge is 0.245 e. The molecule has 6 heteroatoms. The molecule has 2 rings (SSSR count). The Balaban J connectivity index is 1.80. The normalized spacial score (nSPS) is 18.1. The fourth-order valence-electron chi connectivity index (χ4n) is 2.95. The van der Waals surface area contributed by atoms with Crippen molar-refractivity contribution in [2.45, 2.75) is 44.6 Å². The second kappa shape index (κ2) is 9.05. The summed E-state index contributed by atoms with van der Waals surface area (Å²) in [6, 6.07) is 9.45. The lowest BCUT2D eigenvalue weighted by Crippen LogP contribution is -2.49. The van der Waals surface area contributed by atoms with Gasteiger partial charge in [0.25, 0.3) is 0 Å². The molecule has 1 aliphatic heterocycles. The number of nitrogens with one attached hydrogen (secondary N) is 1. The molecule has 1 aromatic rings. The average molecular weight is 331 g/mol. The largest absolute Gasteiger partial charge is 0.368 e. The second-order valence-corrected chi connectivity index (χ2v) is 6.18. The number of carbonyl (C=O) groups excluding carboxylic acids is 3. The molecule has 1 atom stereocenters. The van der Waals surface area contributed by atoms with E-state index in [-0.39, 0.29) is 18.4 Å². The maximum absolute atomic E-state index is 12.4. The van der Waals surface area contributed by atoms with Gasteiger partial charge in [0.05, 0.1) is 6.54 Å². The highest BCUT2D eigenvalue weighted by Crippen LogP contribution is 2.13. The number of nitrogens with two attached hydrogens (primary N) is 1. The molecule has 1 aliphatic rings. The molecule has 0 radical (unpaired) electrons. The Kier molecular flexibility index (Phi) is 6.78. The molecule has 0 saturated carbocycles. The summed E-state index contributed by atoms with van der Waals surface area (Å²) in [6.45, 7) is 0.432. The first-order chi connectivity index (χ1) is 11.6. The zero-order valence-corrected chi connectivity index (χ0v) is 13.9. The van der Waals surface area contributed by atoms with Gasteiger partial charge in [-0.2, -0.15) is 0 Å². The quantitative estimate of drug-likeness (QED) is 0.780. The van der Waals surface area contributed by atoms with Crippen molar-refractivity contribution < 1.29 is 14.4 Å². The third kappa shape index (κ3) is 5.68. The Morgan fingerprint density at radius 2 is 1.96 bits per heavy atom. The van der Waals surface area contributed by atoms with Crippen LogP contribution in [-0.2, 0) is 20.8 Å². The number of primary amides is 1. The van der Waals surface area contributed by atoms with Crippen LogP contribution in [0.15, 0.2) is 30.3 Å². The molecule has 0 spiro atoms. The number of aryl methyl sites for hydroxylation is 1. The number of nitrogens with zero attached hydrogens (tertiary/aromatic N) is 1. The standard InChI is InChI=1S/C18H25N3O3/c19-16(22)13-21-12-5-4-10-15(18(21)24)20-17(23)11-6-9-14-7-2-1-3-8-14/h1-3,7-8,15H,4-6,9-13H2,(H2,19,22)(H,20,23)/t15-/m0/s1. The highest BCUT2D eigenvalue weighted by molar-refractivity contribution is 5.90. The molecule has 1 fully saturated rings. The van der Waals surface area contributed by atoms with Crippen molar-refractivity contribution >= 4 is 17.7 Å². The van der Waals surface area contributed by atoms with E-state index in [1.807, 2.05) is 30.3 Å². The third-order valence-electron chi connectivity index (χ3n) is 4.17. The van der Waals surface area contributed by atoms with Gasteiger partial charge >= 0.3 is 0 Å². The predicted octanol–water partition coefficient (Wildman–Crippen LogP) is 0.992. The number of carbonyl (C=O) groups is 3. The van der Waals surface area contributed by atoms with E-state index >= 15 is 0 Å². The van der Waals surface area contributed by atoms with Gasteiger partial charge in [-0.25, -0.2) is 0 Å². The first-order valence-corrected chi connectivity index (χ1v) is 8.46. The summed E-state index contributed by atoms with van der Waals surface area (Å²) in [6.07, 6.45) is 4.23. The number of benzene rings is 1. The van der Waals surface area contributed by atoms with Gasteiger partial charge < -0.3 is 16.0 Å². The molecule has 130 valence electrons. The van der Waals surface area contributed by atoms with Gasteiger partial charge in [0.2, 0.25) is 17.7 Å². The van der Waals surface area contributed by atoms with Crippen molar-refractivity contribution in [2.75, 3.05) is 13.1 Å². The van der Waals surface area contributed by atoms with E-state index in [2.05, 4.69) is 5.32 Å². The molecule has 24 heavy (non-hydrogen) atoms. The van der Waals surface area contributed by atoms with Crippen LogP contribution in [0, 0.1) is 0 Å². The van der Waals surface area contributed by atoms with Crippen molar-refractivity contribution in [3.8, 4) is 0 Å². The number of hydrogen-bond donors (Lipinski definition) is 2. The van der Waals surface area contributed by atoms with E-state index in [0.717, 1.165) is 25.7 Å². The topological polar surface area (TPSA) is 92.5 Å². The van der Waals surface area contributed by atoms with Crippen LogP contribution >= 0.6 is 0 Å². The molecule has 3 amide bonds. The highest BCUT2D eigenvalue weighted by atomic mass is 16.2. The summed E-state index contributed by atoms with van der Waals surface area (Å²) in [5.74, 6) is -0.855. The Labute approximate surface area is 142 Å². The van der Waals surface area contributed by atoms with Crippen LogP contribution < -0.4 is 11.1 Å². The van der Waals surface area contributed by atoms with Gasteiger partial charge in [-0.15, -0.1) is 0 Å². The minimum Gasteiger partial charge on any atom is -0.368 e. The zero-order chi connectivity index (χ0) is 17.4. The Morgan fingerprint density at radius 3 is 2.67 bits per heavy atom. The molecule has 0 bridgehead atoms. The minimum absolute atomic E-state index is 0.0841. The van der Waals surface area contributed by atoms with E-state index in [9.17, 15) is 14.4 Å². The number of amides is 3. The number of likely N-dealkylation sites (tertiary alicyclic amines) is 1. The van der Waals surface area contributed by atoms with E-state index in [4.69, 9.17) is 5.73 Å². The van der Waals surface area contributed by atoms with Crippen molar-refractivity contribution in [1.82, 2.24) is 10.2 Å². The third-order valence-corrected chi connectivity index (χ3v) is 4.17. The lowest BCUT2D eigenvalue weighted by molar-refractivity contribution is -0.138. The van der Waals surface area contributed by atoms with Gasteiger partial charge in [0.15, 0.2) is 0 Å². The van der Waals surface area contributed by atoms with Gasteiger partial charge in [-0.05, 0) is 37.7 Å². The van der Waals surface area contributed by atoms with Gasteiger partial charge in [0.1, 0.15) is 6.04 Å². The van der Waals surface area contributed by atoms with Gasteiger partial charge in [-0.3, -0.25) is 14.4 Å². The van der Waals surface area contributed by atoms with E-state index < -0.39 is 11.9 Å². The molecule has 3 N–H and O–H groups in total. The zero-order valence-electron chi connectivity index (χ0n) is 13.9. The van der Waals surface area contributed by atoms with Crippen LogP contribution in [0.3, 0.4) is 0 Å². The van der Waals surface area contributed by atoms with E-state index in [1.165, 1.54) is 10.5 Å². The first kappa shape index (κ1) is 18.0. The van der Waals surface area contributed by atoms with E-state index in [1.54, 1.807) is 0 Å². The molecule has 6 nitrogen and oxygen atoms in total. The molecule has 0 aliphatic carbocycles. The Hall–Kier alpha value is -2.37. The summed E-state index contributed by atoms with van der Waals surface area (Å²) < 4.78 is 0. The molecule has 1 heterocycles. The van der Waals surface area contributed by atoms with Crippen LogP contribution in [0.5, 0.6) is 0 Å². The Bertz CT molecular complexity index is 574. The summed E-state index contributed by atoms with van der Waals surface area (Å²) in [5.41, 5.74) is 6.38. The lowest BCUT2D eigenvalue weighted by atomic mass is 10.1. The SMILES string of the molecule is NC(=O)CN1CCCC[C@H](NC(=O)CCCc2ccccc2)C1=O. The summed E-state index contributed by atoms with van der Waals surface area (Å²) in [4.78, 5) is 37.0. The second-order valence-electron chi connectivity index (χ2n) is 6.18. The van der Waals surface area contributed by atoms with Crippen LogP contribution in [0.4, 0.5) is 0 Å². The highest BCUT2D eigenvalue weighted by Gasteiger charge is 2.28. The molecule has 1 saturated heterocycles. The molecular formula is C18H25N3O3. The van der Waals surface area contributed by atoms with Crippen molar-refractivity contribution in [1.29, 1.82) is 0 Å². The first-order valence-electron chi connectivity index (χ1n) is 8.46. The van der Waals surface area contributed by atoms with Crippen LogP contribution in [0.2, 0.25) is 0 Å². The maximum atomic E-state index is 12.4. The van der Waals surface area contributed by atoms with Crippen LogP contribution in [0.1, 0.15) is 37.7 Å². The van der Waals surface area contributed by atoms with Crippen molar-refractivity contribution in [2.24, 2.45) is 5.73 Å². The maximum Gasteiger partial charge on any atom is 0.245 e. The molecule has 0 unspecified atom stereocenters. The Morgan fingerprint density at radius 1 is 1.21 bits per heavy atom. The van der Waals surface area contributed by atoms with Crippen LogP contribution in [-0.4, -0.2) is 41.8 Å². The minimum atomic E-state index is -0.545. The molecular weight excluding hydrogens is 306 g/mol. The van der Waals surface area contributed by atoms with Crippen LogP contribution in [0.25, 0.3) is 0 Å². The number of hydrogen-bond acceptors (Lipinski definition) is 3. The molecule has 0 aromatic heterocycles. The van der Waals surface area contributed by atoms with Crippen molar-refractivity contribution in [3.63, 3.8) is 0 Å².